The van der Waals surface area contributed by atoms with Gasteiger partial charge >= 0.3 is 11.9 Å². The fourth-order valence-electron chi connectivity index (χ4n) is 16.5. The number of hydrogen-bond donors (Lipinski definition) is 17. The van der Waals surface area contributed by atoms with Crippen LogP contribution in [-0.2, 0) is 109 Å². The Hall–Kier alpha value is -13.2. The Kier molecular flexibility index (Phi) is 38.6. The Morgan fingerprint density at radius 1 is 0.537 bits per heavy atom. The highest BCUT2D eigenvalue weighted by atomic mass is 32.2. The highest BCUT2D eigenvalue weighted by molar-refractivity contribution is 8.00. The van der Waals surface area contributed by atoms with Crippen molar-refractivity contribution in [2.75, 3.05) is 58.8 Å². The van der Waals surface area contributed by atoms with Crippen molar-refractivity contribution < 1.29 is 115 Å². The largest absolute Gasteiger partial charge is 0.508 e. The molecule has 3 saturated heterocycles. The van der Waals surface area contributed by atoms with Crippen molar-refractivity contribution in [1.82, 2.24) is 77.3 Å². The third-order valence-corrected chi connectivity index (χ3v) is 24.9. The van der Waals surface area contributed by atoms with Gasteiger partial charge in [-0.25, -0.2) is 13.2 Å². The van der Waals surface area contributed by atoms with E-state index in [1.54, 1.807) is 67.7 Å². The average molecular weight is 1890 g/mol. The summed E-state index contributed by atoms with van der Waals surface area (Å²) >= 11 is 0.641. The van der Waals surface area contributed by atoms with E-state index < -0.39 is 258 Å². The first-order chi connectivity index (χ1) is 63.7. The Morgan fingerprint density at radius 2 is 1.10 bits per heavy atom. The van der Waals surface area contributed by atoms with Crippen LogP contribution in [0.4, 0.5) is 13.2 Å². The van der Waals surface area contributed by atoms with Gasteiger partial charge < -0.3 is 109 Å². The van der Waals surface area contributed by atoms with Crippen molar-refractivity contribution in [3.63, 3.8) is 0 Å². The summed E-state index contributed by atoms with van der Waals surface area (Å²) in [7, 11) is 3.61. The number of nitrogens with one attached hydrogen (secondary N) is 10. The van der Waals surface area contributed by atoms with Crippen molar-refractivity contribution in [3.8, 4) is 11.5 Å². The molecule has 0 radical (unpaired) electrons. The van der Waals surface area contributed by atoms with Crippen LogP contribution in [0.15, 0.2) is 121 Å². The van der Waals surface area contributed by atoms with E-state index in [2.05, 4.69) is 52.8 Å². The SMILES string of the molecule is CCCC[C@H]1C(=O)N2CCC[C@@H]2C(=O)N[C@@H](CC(=O)O)C(=O)N[C@@H](C(C)C)C(=O)N(C)C(Cc2ccccc2)C(=O)N[C@@H](CCC(=O)O)C(=O)N2CCCC[C@@H]2C(=O)N[C@@H](Cc2c[nH]c3ccccc23)C(=O)N[C@@H](Cc2ccc(O)cc2)C(O)N[C@@H](CCN)C(=O)N[C@H](C(=O)NCC(N)=O)CSCC(=O)N[C@@H](Cc2cc(F)c(F)c(F)c2)C(=O)N(C)C(Cc2ccc(O)cc2)C(=O)N1C. The Morgan fingerprint density at radius 3 is 1.72 bits per heavy atom. The zero-order valence-corrected chi connectivity index (χ0v) is 76.0. The summed E-state index contributed by atoms with van der Waals surface area (Å²) < 4.78 is 45.1. The quantitative estimate of drug-likeness (QED) is 0.0375. The summed E-state index contributed by atoms with van der Waals surface area (Å²) in [4.78, 5) is 243. The number of aliphatic carboxylic acids is 2. The molecule has 0 aliphatic carbocycles. The van der Waals surface area contributed by atoms with Crippen LogP contribution in [0.3, 0.4) is 0 Å². The standard InChI is InChI=1S/C92H118F3N17O21S/c1-7-8-21-71-91(132)112-37-16-23-70(112)86(127)105-66(45-77(119)120)84(125)107-79(50(2)3)92(133)109(5)72(42-51-17-10-9-11-18-51)87(128)102-63(32-33-76(117)118)89(130)111-36-15-14-22-69(111)85(126)104-65(44-55-46-98-61-20-13-12-19-58(55)61)83(124)103-64(40-52-24-28-56(113)29-25-52)82(123)101-62(34-35-96)81(122)106-68(80(121)99-47-74(97)115)48-134-49-75(116)100-67(41-54-38-59(93)78(95)60(94)39-54)88(129)110(6)73(90(131)108(71)4)43-53-26-30-57(114)31-27-53/h9-13,17-20,24-31,38-39,46,50,62-73,79,82,98,101,113-114,123H,7-8,14-16,21-23,32-37,40-45,47-49,96H2,1-6H3,(H2,97,115)(H,99,121)(H,100,116)(H,102,128)(H,103,124)(H,104,126)(H,105,127)(H,106,122)(H,107,125)(H,117,118)(H,119,120)/t62-,63-,64-,65-,66-,67-,68-,69+,70+,71-,72?,73?,79-,82?/m0/s1. The maximum absolute atomic E-state index is 15.7. The monoisotopic (exact) mass is 1890 g/mol. The molecule has 3 fully saturated rings. The lowest BCUT2D eigenvalue weighted by Crippen LogP contribution is -2.63. The number of aromatic hydroxyl groups is 2. The van der Waals surface area contributed by atoms with Gasteiger partial charge in [-0.1, -0.05) is 106 Å². The number of carbonyl (C=O) groups excluding carboxylic acids is 14. The van der Waals surface area contributed by atoms with Crippen molar-refractivity contribution in [2.24, 2.45) is 17.4 Å². The number of para-hydroxylation sites is 1. The highest BCUT2D eigenvalue weighted by Crippen LogP contribution is 2.29. The van der Waals surface area contributed by atoms with Gasteiger partial charge in [-0.15, -0.1) is 11.8 Å². The van der Waals surface area contributed by atoms with Crippen LogP contribution in [0.5, 0.6) is 11.5 Å². The molecular formula is C92H118F3N17O21S. The van der Waals surface area contributed by atoms with Crippen molar-refractivity contribution in [3.05, 3.63) is 167 Å². The minimum atomic E-state index is -1.99. The summed E-state index contributed by atoms with van der Waals surface area (Å²) in [6.07, 6.45) is -4.02. The van der Waals surface area contributed by atoms with Crippen LogP contribution in [0.25, 0.3) is 10.9 Å². The minimum absolute atomic E-state index is 0.0518. The molecule has 14 atom stereocenters. The second-order valence-corrected chi connectivity index (χ2v) is 35.1. The number of piperidine rings is 1. The lowest BCUT2D eigenvalue weighted by atomic mass is 9.97. The van der Waals surface area contributed by atoms with E-state index in [0.29, 0.717) is 69.9 Å². The number of aliphatic hydroxyl groups excluding tert-OH is 1. The van der Waals surface area contributed by atoms with Crippen molar-refractivity contribution in [1.29, 1.82) is 0 Å². The molecule has 38 nitrogen and oxygen atoms in total. The molecular weight excluding hydrogens is 1770 g/mol. The van der Waals surface area contributed by atoms with Gasteiger partial charge in [0.2, 0.25) is 82.7 Å². The summed E-state index contributed by atoms with van der Waals surface area (Å²) in [6.45, 7) is 3.45. The number of nitrogens with two attached hydrogens (primary N) is 2. The molecule has 724 valence electrons. The number of halogens is 3. The van der Waals surface area contributed by atoms with Crippen LogP contribution in [-0.4, -0.2) is 293 Å². The number of likely N-dealkylation sites (N-methyl/N-ethyl adjacent to an activating group) is 3. The van der Waals surface area contributed by atoms with Gasteiger partial charge in [-0.3, -0.25) is 82.0 Å². The third kappa shape index (κ3) is 28.9. The maximum atomic E-state index is 15.7. The zero-order valence-electron chi connectivity index (χ0n) is 75.2. The lowest BCUT2D eigenvalue weighted by molar-refractivity contribution is -0.152. The Bertz CT molecular complexity index is 5170. The number of aromatic amines is 1. The molecule has 0 bridgehead atoms. The number of nitrogens with zero attached hydrogens (tertiary/aromatic N) is 5. The van der Waals surface area contributed by atoms with E-state index in [4.69, 9.17) is 11.5 Å². The number of carboxylic acid groups (broad SMARTS) is 2. The molecule has 42 heteroatoms. The molecule has 14 amide bonds. The number of carbonyl (C=O) groups is 16. The number of phenols is 2. The second kappa shape index (κ2) is 49.5. The summed E-state index contributed by atoms with van der Waals surface area (Å²) in [6, 6.07) is 5.86. The number of benzene rings is 5. The van der Waals surface area contributed by atoms with Gasteiger partial charge in [0, 0.05) is 89.2 Å². The minimum Gasteiger partial charge on any atom is -0.508 e. The molecule has 0 saturated carbocycles. The van der Waals surface area contributed by atoms with Gasteiger partial charge in [-0.2, -0.15) is 0 Å². The molecule has 3 aliphatic heterocycles. The number of aromatic nitrogens is 1. The second-order valence-electron chi connectivity index (χ2n) is 34.0. The van der Waals surface area contributed by atoms with E-state index in [1.165, 1.54) is 76.5 Å². The molecule has 1 aromatic heterocycles. The van der Waals surface area contributed by atoms with Gasteiger partial charge in [0.1, 0.15) is 84.2 Å². The van der Waals surface area contributed by atoms with E-state index in [0.717, 1.165) is 31.5 Å². The zero-order chi connectivity index (χ0) is 97.9. The van der Waals surface area contributed by atoms with E-state index in [-0.39, 0.29) is 95.3 Å². The summed E-state index contributed by atoms with van der Waals surface area (Å²) in [5, 5.41) is 78.0. The molecule has 3 aliphatic rings. The number of unbranched alkanes of at least 4 members (excludes halogenated alkanes) is 1. The van der Waals surface area contributed by atoms with Gasteiger partial charge in [-0.05, 0) is 141 Å². The molecule has 3 unspecified atom stereocenters. The number of H-pyrrole nitrogens is 1. The molecule has 9 rings (SSSR count). The predicted molar refractivity (Wildman–Crippen MR) is 483 cm³/mol. The normalized spacial score (nSPS) is 24.1. The number of rotatable bonds is 24. The van der Waals surface area contributed by atoms with Crippen LogP contribution >= 0.6 is 11.8 Å². The topological polar surface area (TPSA) is 567 Å². The number of primary amides is 1. The number of phenolic OH excluding ortho intramolecular Hbond substituents is 2. The lowest BCUT2D eigenvalue weighted by Gasteiger charge is -2.38. The number of thioether (sulfide) groups is 1. The number of hydrogen-bond acceptors (Lipinski definition) is 22. The van der Waals surface area contributed by atoms with E-state index >= 15 is 47.1 Å². The fourth-order valence-corrected chi connectivity index (χ4v) is 17.4. The average Bonchev–Trinajstić information content (AvgIpc) is 1.71. The third-order valence-electron chi connectivity index (χ3n) is 23.9. The smallest absolute Gasteiger partial charge is 0.305 e. The number of fused-ring (bicyclic) bond motifs is 3. The first kappa shape index (κ1) is 104. The van der Waals surface area contributed by atoms with Crippen LogP contribution in [0, 0.1) is 23.4 Å². The number of aliphatic hydroxyl groups is 1. The first-order valence-electron chi connectivity index (χ1n) is 44.3. The highest BCUT2D eigenvalue weighted by Gasteiger charge is 2.46. The Balaban J connectivity index is 1.14. The molecule has 19 N–H and O–H groups in total. The van der Waals surface area contributed by atoms with E-state index in [1.807, 2.05) is 0 Å². The predicted octanol–water partition coefficient (Wildman–Crippen LogP) is 0.916. The molecule has 134 heavy (non-hydrogen) atoms. The van der Waals surface area contributed by atoms with E-state index in [9.17, 15) is 68.3 Å². The first-order valence-corrected chi connectivity index (χ1v) is 45.4. The van der Waals surface area contributed by atoms with Crippen LogP contribution in [0.2, 0.25) is 0 Å². The van der Waals surface area contributed by atoms with Crippen molar-refractivity contribution in [2.45, 2.75) is 215 Å². The van der Waals surface area contributed by atoms with Gasteiger partial charge in [0.15, 0.2) is 17.5 Å². The van der Waals surface area contributed by atoms with Crippen LogP contribution in [0.1, 0.15) is 126 Å². The van der Waals surface area contributed by atoms with Crippen molar-refractivity contribution >= 4 is 117 Å². The molecule has 4 heterocycles. The summed E-state index contributed by atoms with van der Waals surface area (Å²) in [5.74, 6) is -25.0. The maximum Gasteiger partial charge on any atom is 0.305 e. The number of amides is 14. The number of carboxylic acids is 2. The summed E-state index contributed by atoms with van der Waals surface area (Å²) in [5.41, 5.74) is 13.4. The molecule has 5 aromatic carbocycles. The Labute approximate surface area is 775 Å². The van der Waals surface area contributed by atoms with Gasteiger partial charge in [0.25, 0.3) is 0 Å². The fraction of sp³-hybridized carbons (Fsp3) is 0.478. The van der Waals surface area contributed by atoms with Crippen LogP contribution < -0.4 is 59.3 Å². The van der Waals surface area contributed by atoms with Gasteiger partial charge in [0.05, 0.1) is 30.8 Å². The molecule has 0 spiro atoms. The molecule has 6 aromatic rings.